The second-order valence-electron chi connectivity index (χ2n) is 4.01. The van der Waals surface area contributed by atoms with Crippen molar-refractivity contribution in [1.82, 2.24) is 0 Å². The Hall–Kier alpha value is -2.09. The van der Waals surface area contributed by atoms with Crippen molar-refractivity contribution in [2.75, 3.05) is 0 Å². The van der Waals surface area contributed by atoms with Crippen molar-refractivity contribution in [2.24, 2.45) is 0 Å². The van der Waals surface area contributed by atoms with Crippen LogP contribution >= 0.6 is 0 Å². The molecule has 0 saturated heterocycles. The van der Waals surface area contributed by atoms with E-state index in [1.165, 1.54) is 36.4 Å². The monoisotopic (exact) mass is 320 g/mol. The Labute approximate surface area is 117 Å². The topological polar surface area (TPSA) is 43.4 Å². The van der Waals surface area contributed by atoms with Crippen LogP contribution in [0, 0.1) is 5.82 Å². The van der Waals surface area contributed by atoms with E-state index in [1.54, 1.807) is 0 Å². The fourth-order valence-corrected chi connectivity index (χ4v) is 1.98. The summed E-state index contributed by atoms with van der Waals surface area (Å²) < 4.78 is 74.8. The number of halogens is 4. The SMILES string of the molecule is O=S(=O)(Oc1ccc(-c2ccc(F)cc2)cc1)C(F)(F)F. The molecule has 0 radical (unpaired) electrons. The van der Waals surface area contributed by atoms with E-state index in [4.69, 9.17) is 0 Å². The number of alkyl halides is 3. The van der Waals surface area contributed by atoms with Gasteiger partial charge in [0, 0.05) is 0 Å². The number of rotatable bonds is 3. The third-order valence-corrected chi connectivity index (χ3v) is 3.50. The molecule has 0 bridgehead atoms. The van der Waals surface area contributed by atoms with Gasteiger partial charge in [-0.3, -0.25) is 0 Å². The predicted octanol–water partition coefficient (Wildman–Crippen LogP) is 3.72. The molecule has 8 heteroatoms. The van der Waals surface area contributed by atoms with Crippen molar-refractivity contribution < 1.29 is 30.2 Å². The summed E-state index contributed by atoms with van der Waals surface area (Å²) in [5.41, 5.74) is -4.28. The Kier molecular flexibility index (Phi) is 3.91. The minimum Gasteiger partial charge on any atom is -0.376 e. The van der Waals surface area contributed by atoms with Crippen LogP contribution in [-0.4, -0.2) is 13.9 Å². The van der Waals surface area contributed by atoms with Crippen LogP contribution in [0.4, 0.5) is 17.6 Å². The predicted molar refractivity (Wildman–Crippen MR) is 67.4 cm³/mol. The maximum absolute atomic E-state index is 12.8. The summed E-state index contributed by atoms with van der Waals surface area (Å²) in [6.45, 7) is 0. The molecule has 0 heterocycles. The van der Waals surface area contributed by atoms with Crippen molar-refractivity contribution in [2.45, 2.75) is 5.51 Å². The zero-order chi connectivity index (χ0) is 15.7. The van der Waals surface area contributed by atoms with E-state index in [-0.39, 0.29) is 0 Å². The van der Waals surface area contributed by atoms with Crippen LogP contribution in [0.2, 0.25) is 0 Å². The van der Waals surface area contributed by atoms with Crippen molar-refractivity contribution >= 4 is 10.1 Å². The van der Waals surface area contributed by atoms with Crippen molar-refractivity contribution in [3.05, 3.63) is 54.3 Å². The van der Waals surface area contributed by atoms with Crippen LogP contribution in [0.3, 0.4) is 0 Å². The molecule has 2 aromatic carbocycles. The molecule has 0 unspecified atom stereocenters. The Balaban J connectivity index is 2.22. The fourth-order valence-electron chi connectivity index (χ4n) is 1.52. The van der Waals surface area contributed by atoms with Gasteiger partial charge in [-0.2, -0.15) is 21.6 Å². The van der Waals surface area contributed by atoms with Gasteiger partial charge in [0.15, 0.2) is 0 Å². The maximum atomic E-state index is 12.8. The summed E-state index contributed by atoms with van der Waals surface area (Å²) in [6.07, 6.45) is 0. The van der Waals surface area contributed by atoms with Crippen LogP contribution in [0.25, 0.3) is 11.1 Å². The molecule has 0 fully saturated rings. The van der Waals surface area contributed by atoms with Gasteiger partial charge in [-0.25, -0.2) is 4.39 Å². The summed E-state index contributed by atoms with van der Waals surface area (Å²) in [5, 5.41) is 0. The standard InChI is InChI=1S/C13H8F4O3S/c14-11-5-1-9(2-6-11)10-3-7-12(8-4-10)20-21(18,19)13(15,16)17/h1-8H. The molecule has 3 nitrogen and oxygen atoms in total. The van der Waals surface area contributed by atoms with Crippen LogP contribution in [0.5, 0.6) is 5.75 Å². The Morgan fingerprint density at radius 1 is 0.810 bits per heavy atom. The van der Waals surface area contributed by atoms with Gasteiger partial charge in [0.2, 0.25) is 0 Å². The summed E-state index contributed by atoms with van der Waals surface area (Å²) in [5.74, 6) is -0.881. The number of benzene rings is 2. The molecule has 0 N–H and O–H groups in total. The Morgan fingerprint density at radius 3 is 1.67 bits per heavy atom. The van der Waals surface area contributed by atoms with Crippen molar-refractivity contribution in [3.8, 4) is 16.9 Å². The van der Waals surface area contributed by atoms with E-state index in [1.807, 2.05) is 0 Å². The van der Waals surface area contributed by atoms with Gasteiger partial charge in [-0.1, -0.05) is 24.3 Å². The molecule has 0 spiro atoms. The van der Waals surface area contributed by atoms with Gasteiger partial charge in [-0.15, -0.1) is 0 Å². The van der Waals surface area contributed by atoms with Gasteiger partial charge in [0.25, 0.3) is 0 Å². The lowest BCUT2D eigenvalue weighted by molar-refractivity contribution is -0.0500. The van der Waals surface area contributed by atoms with E-state index in [0.29, 0.717) is 11.1 Å². The van der Waals surface area contributed by atoms with Gasteiger partial charge < -0.3 is 4.18 Å². The summed E-state index contributed by atoms with van der Waals surface area (Å²) in [7, 11) is -5.68. The lowest BCUT2D eigenvalue weighted by Gasteiger charge is -2.09. The molecule has 0 amide bonds. The molecule has 21 heavy (non-hydrogen) atoms. The molecule has 0 aromatic heterocycles. The van der Waals surface area contributed by atoms with Crippen LogP contribution in [-0.2, 0) is 10.1 Å². The fraction of sp³-hybridized carbons (Fsp3) is 0.0769. The smallest absolute Gasteiger partial charge is 0.376 e. The molecule has 0 saturated carbocycles. The number of hydrogen-bond acceptors (Lipinski definition) is 3. The average molecular weight is 320 g/mol. The minimum atomic E-state index is -5.68. The van der Waals surface area contributed by atoms with Crippen LogP contribution in [0.15, 0.2) is 48.5 Å². The maximum Gasteiger partial charge on any atom is 0.534 e. The van der Waals surface area contributed by atoms with Gasteiger partial charge in [0.05, 0.1) is 0 Å². The van der Waals surface area contributed by atoms with Gasteiger partial charge >= 0.3 is 15.6 Å². The van der Waals surface area contributed by atoms with E-state index < -0.39 is 27.2 Å². The highest BCUT2D eigenvalue weighted by Gasteiger charge is 2.48. The molecule has 0 atom stereocenters. The molecule has 0 aliphatic heterocycles. The molecule has 2 rings (SSSR count). The molecular formula is C13H8F4O3S. The molecular weight excluding hydrogens is 312 g/mol. The average Bonchev–Trinajstić information content (AvgIpc) is 2.39. The highest BCUT2D eigenvalue weighted by Crippen LogP contribution is 2.28. The highest BCUT2D eigenvalue weighted by atomic mass is 32.2. The van der Waals surface area contributed by atoms with Crippen LogP contribution < -0.4 is 4.18 Å². The van der Waals surface area contributed by atoms with Crippen molar-refractivity contribution in [1.29, 1.82) is 0 Å². The summed E-state index contributed by atoms with van der Waals surface area (Å²) >= 11 is 0. The first-order chi connectivity index (χ1) is 9.69. The summed E-state index contributed by atoms with van der Waals surface area (Å²) in [4.78, 5) is 0. The van der Waals surface area contributed by atoms with E-state index in [2.05, 4.69) is 4.18 Å². The minimum absolute atomic E-state index is 0.421. The summed E-state index contributed by atoms with van der Waals surface area (Å²) in [6, 6.07) is 10.3. The molecule has 0 aliphatic carbocycles. The zero-order valence-corrected chi connectivity index (χ0v) is 11.1. The molecule has 112 valence electrons. The quantitative estimate of drug-likeness (QED) is 0.492. The first-order valence-electron chi connectivity index (χ1n) is 5.56. The third-order valence-electron chi connectivity index (χ3n) is 2.52. The Bertz CT molecular complexity index is 720. The number of hydrogen-bond donors (Lipinski definition) is 0. The van der Waals surface area contributed by atoms with E-state index >= 15 is 0 Å². The van der Waals surface area contributed by atoms with E-state index in [0.717, 1.165) is 12.1 Å². The van der Waals surface area contributed by atoms with Gasteiger partial charge in [0.1, 0.15) is 11.6 Å². The zero-order valence-electron chi connectivity index (χ0n) is 10.3. The normalized spacial score (nSPS) is 12.2. The lowest BCUT2D eigenvalue weighted by Crippen LogP contribution is -2.28. The lowest BCUT2D eigenvalue weighted by atomic mass is 10.1. The molecule has 2 aromatic rings. The first kappa shape index (κ1) is 15.3. The first-order valence-corrected chi connectivity index (χ1v) is 6.97. The largest absolute Gasteiger partial charge is 0.534 e. The van der Waals surface area contributed by atoms with E-state index in [9.17, 15) is 26.0 Å². The Morgan fingerprint density at radius 2 is 1.24 bits per heavy atom. The van der Waals surface area contributed by atoms with Gasteiger partial charge in [-0.05, 0) is 35.4 Å². The van der Waals surface area contributed by atoms with Crippen LogP contribution in [0.1, 0.15) is 0 Å². The second-order valence-corrected chi connectivity index (χ2v) is 5.55. The second kappa shape index (κ2) is 5.36. The third kappa shape index (κ3) is 3.52. The van der Waals surface area contributed by atoms with Crippen molar-refractivity contribution in [3.63, 3.8) is 0 Å². The highest BCUT2D eigenvalue weighted by molar-refractivity contribution is 7.87. The molecule has 0 aliphatic rings.